The lowest BCUT2D eigenvalue weighted by molar-refractivity contribution is -0.138. The summed E-state index contributed by atoms with van der Waals surface area (Å²) in [5, 5.41) is 0. The molecule has 0 aliphatic carbocycles. The molecule has 0 aliphatic heterocycles. The lowest BCUT2D eigenvalue weighted by Crippen LogP contribution is -2.44. The Kier molecular flexibility index (Phi) is 4.33. The lowest BCUT2D eigenvalue weighted by atomic mass is 9.77. The predicted molar refractivity (Wildman–Crippen MR) is 63.6 cm³/mol. The number of hydrogen-bond donors (Lipinski definition) is 0. The van der Waals surface area contributed by atoms with Crippen molar-refractivity contribution in [2.45, 2.75) is 47.6 Å². The van der Waals surface area contributed by atoms with Crippen molar-refractivity contribution in [2.24, 2.45) is 10.8 Å². The molecule has 0 aromatic rings. The Labute approximate surface area is 98.5 Å². The molecular weight excluding hydrogens is 228 g/mol. The third-order valence-corrected chi connectivity index (χ3v) is 2.58. The van der Waals surface area contributed by atoms with E-state index in [1.54, 1.807) is 41.5 Å². The molecule has 0 bridgehead atoms. The summed E-state index contributed by atoms with van der Waals surface area (Å²) in [7, 11) is -3.63. The van der Waals surface area contributed by atoms with Gasteiger partial charge in [-0.15, -0.1) is 0 Å². The van der Waals surface area contributed by atoms with Gasteiger partial charge in [0.1, 0.15) is 6.10 Å². The number of Topliss-reactive ketones (excluding diaryl/α,β-unsaturated/α-hetero) is 1. The molecular formula is C11H22O4S. The van der Waals surface area contributed by atoms with E-state index in [0.717, 1.165) is 6.26 Å². The van der Waals surface area contributed by atoms with Crippen LogP contribution in [0.2, 0.25) is 0 Å². The van der Waals surface area contributed by atoms with Crippen molar-refractivity contribution in [1.29, 1.82) is 0 Å². The Morgan fingerprint density at radius 1 is 1.06 bits per heavy atom. The van der Waals surface area contributed by atoms with E-state index in [4.69, 9.17) is 4.18 Å². The van der Waals surface area contributed by atoms with E-state index < -0.39 is 27.1 Å². The van der Waals surface area contributed by atoms with Crippen LogP contribution in [0.3, 0.4) is 0 Å². The topological polar surface area (TPSA) is 60.4 Å². The van der Waals surface area contributed by atoms with Crippen LogP contribution >= 0.6 is 0 Å². The summed E-state index contributed by atoms with van der Waals surface area (Å²) < 4.78 is 27.2. The minimum Gasteiger partial charge on any atom is -0.296 e. The van der Waals surface area contributed by atoms with E-state index in [0.29, 0.717) is 0 Å². The maximum absolute atomic E-state index is 12.1. The summed E-state index contributed by atoms with van der Waals surface area (Å²) in [6.45, 7) is 10.6. The van der Waals surface area contributed by atoms with Gasteiger partial charge in [-0.3, -0.25) is 8.98 Å². The normalized spacial score (nSPS) is 15.9. The van der Waals surface area contributed by atoms with Crippen molar-refractivity contribution >= 4 is 15.9 Å². The van der Waals surface area contributed by atoms with E-state index in [9.17, 15) is 13.2 Å². The molecule has 0 spiro atoms. The molecule has 0 aromatic heterocycles. The highest BCUT2D eigenvalue weighted by molar-refractivity contribution is 7.86. The summed E-state index contributed by atoms with van der Waals surface area (Å²) in [4.78, 5) is 12.1. The van der Waals surface area contributed by atoms with Gasteiger partial charge in [0, 0.05) is 5.41 Å². The number of rotatable bonds is 3. The van der Waals surface area contributed by atoms with Crippen LogP contribution in [0, 0.1) is 10.8 Å². The van der Waals surface area contributed by atoms with Gasteiger partial charge in [0.15, 0.2) is 5.78 Å². The standard InChI is InChI=1S/C11H22O4S/c1-10(2,3)8(12)9(11(4,5)6)15-16(7,13)14/h9H,1-7H3. The molecule has 0 aromatic carbocycles. The van der Waals surface area contributed by atoms with Gasteiger partial charge in [0.2, 0.25) is 0 Å². The van der Waals surface area contributed by atoms with E-state index in [-0.39, 0.29) is 5.78 Å². The summed E-state index contributed by atoms with van der Waals surface area (Å²) in [5.74, 6) is -0.203. The van der Waals surface area contributed by atoms with Crippen LogP contribution in [0.5, 0.6) is 0 Å². The average molecular weight is 250 g/mol. The van der Waals surface area contributed by atoms with Crippen LogP contribution in [-0.4, -0.2) is 26.6 Å². The summed E-state index contributed by atoms with van der Waals surface area (Å²) in [6.07, 6.45) is 0.0179. The zero-order valence-electron chi connectivity index (χ0n) is 11.1. The second-order valence-corrected chi connectivity index (χ2v) is 7.76. The summed E-state index contributed by atoms with van der Waals surface area (Å²) in [5.41, 5.74) is -1.17. The first kappa shape index (κ1) is 15.6. The third kappa shape index (κ3) is 5.07. The molecule has 1 atom stereocenters. The largest absolute Gasteiger partial charge is 0.296 e. The molecule has 0 N–H and O–H groups in total. The van der Waals surface area contributed by atoms with Crippen LogP contribution in [0.4, 0.5) is 0 Å². The van der Waals surface area contributed by atoms with Crippen LogP contribution in [0.15, 0.2) is 0 Å². The fraction of sp³-hybridized carbons (Fsp3) is 0.909. The molecule has 5 heteroatoms. The van der Waals surface area contributed by atoms with Crippen molar-refractivity contribution in [3.8, 4) is 0 Å². The highest BCUT2D eigenvalue weighted by atomic mass is 32.2. The summed E-state index contributed by atoms with van der Waals surface area (Å²) >= 11 is 0. The van der Waals surface area contributed by atoms with Crippen molar-refractivity contribution in [3.05, 3.63) is 0 Å². The third-order valence-electron chi connectivity index (χ3n) is 2.03. The Hall–Kier alpha value is -0.420. The van der Waals surface area contributed by atoms with Crippen molar-refractivity contribution in [1.82, 2.24) is 0 Å². The van der Waals surface area contributed by atoms with Crippen LogP contribution in [0.25, 0.3) is 0 Å². The van der Waals surface area contributed by atoms with Gasteiger partial charge in [-0.25, -0.2) is 0 Å². The van der Waals surface area contributed by atoms with Crippen molar-refractivity contribution in [3.63, 3.8) is 0 Å². The maximum Gasteiger partial charge on any atom is 0.265 e. The van der Waals surface area contributed by atoms with Gasteiger partial charge < -0.3 is 0 Å². The average Bonchev–Trinajstić information content (AvgIpc) is 1.93. The lowest BCUT2D eigenvalue weighted by Gasteiger charge is -2.32. The van der Waals surface area contributed by atoms with E-state index in [1.807, 2.05) is 0 Å². The monoisotopic (exact) mass is 250 g/mol. The Morgan fingerprint density at radius 3 is 1.62 bits per heavy atom. The smallest absolute Gasteiger partial charge is 0.265 e. The first-order valence-electron chi connectivity index (χ1n) is 5.18. The molecule has 0 rings (SSSR count). The van der Waals surface area contributed by atoms with Gasteiger partial charge >= 0.3 is 0 Å². The number of hydrogen-bond acceptors (Lipinski definition) is 4. The predicted octanol–water partition coefficient (Wildman–Crippen LogP) is 1.99. The number of ketones is 1. The molecule has 0 heterocycles. The fourth-order valence-electron chi connectivity index (χ4n) is 1.15. The van der Waals surface area contributed by atoms with Gasteiger partial charge in [-0.2, -0.15) is 8.42 Å². The molecule has 16 heavy (non-hydrogen) atoms. The SMILES string of the molecule is CC(C)(C)C(=O)C(OS(C)(=O)=O)C(C)(C)C. The number of carbonyl (C=O) groups excluding carboxylic acids is 1. The van der Waals surface area contributed by atoms with E-state index in [1.165, 1.54) is 0 Å². The molecule has 1 unspecified atom stereocenters. The van der Waals surface area contributed by atoms with Gasteiger partial charge in [0.25, 0.3) is 10.1 Å². The van der Waals surface area contributed by atoms with E-state index >= 15 is 0 Å². The molecule has 96 valence electrons. The Balaban J connectivity index is 5.22. The quantitative estimate of drug-likeness (QED) is 0.719. The molecule has 0 saturated heterocycles. The zero-order chi connectivity index (χ0) is 13.4. The minimum absolute atomic E-state index is 0.203. The molecule has 0 fully saturated rings. The Morgan fingerprint density at radius 2 is 1.44 bits per heavy atom. The first-order valence-corrected chi connectivity index (χ1v) is 6.99. The zero-order valence-corrected chi connectivity index (χ0v) is 11.9. The minimum atomic E-state index is -3.63. The highest BCUT2D eigenvalue weighted by Crippen LogP contribution is 2.30. The van der Waals surface area contributed by atoms with Crippen LogP contribution < -0.4 is 0 Å². The second-order valence-electron chi connectivity index (χ2n) is 6.16. The van der Waals surface area contributed by atoms with Crippen molar-refractivity contribution in [2.75, 3.05) is 6.26 Å². The van der Waals surface area contributed by atoms with Gasteiger partial charge in [-0.1, -0.05) is 41.5 Å². The summed E-state index contributed by atoms with van der Waals surface area (Å²) in [6, 6.07) is 0. The van der Waals surface area contributed by atoms with Gasteiger partial charge in [-0.05, 0) is 5.41 Å². The van der Waals surface area contributed by atoms with Crippen molar-refractivity contribution < 1.29 is 17.4 Å². The molecule has 4 nitrogen and oxygen atoms in total. The van der Waals surface area contributed by atoms with E-state index in [2.05, 4.69) is 0 Å². The molecule has 0 amide bonds. The van der Waals surface area contributed by atoms with Gasteiger partial charge in [0.05, 0.1) is 6.26 Å². The number of carbonyl (C=O) groups is 1. The second kappa shape index (κ2) is 4.45. The molecule has 0 saturated carbocycles. The first-order chi connectivity index (χ1) is 6.75. The van der Waals surface area contributed by atoms with Crippen LogP contribution in [-0.2, 0) is 19.1 Å². The Bertz CT molecular complexity index is 354. The molecule has 0 aliphatic rings. The van der Waals surface area contributed by atoms with Crippen LogP contribution in [0.1, 0.15) is 41.5 Å². The molecule has 0 radical (unpaired) electrons. The maximum atomic E-state index is 12.1. The highest BCUT2D eigenvalue weighted by Gasteiger charge is 2.40. The fourth-order valence-corrected chi connectivity index (χ4v) is 1.88.